The Balaban J connectivity index is 1.55. The fourth-order valence-electron chi connectivity index (χ4n) is 2.29. The summed E-state index contributed by atoms with van der Waals surface area (Å²) in [5.74, 6) is 0. The average Bonchev–Trinajstić information content (AvgIpc) is 2.93. The predicted octanol–water partition coefficient (Wildman–Crippen LogP) is 1.24. The molecular formula is C12H24N2O. The molecule has 0 bridgehead atoms. The van der Waals surface area contributed by atoms with Crippen molar-refractivity contribution in [2.75, 3.05) is 26.7 Å². The molecule has 15 heavy (non-hydrogen) atoms. The number of nitrogens with zero attached hydrogens (tertiary/aromatic N) is 1. The largest absolute Gasteiger partial charge is 0.377 e. The van der Waals surface area contributed by atoms with Crippen molar-refractivity contribution < 1.29 is 4.74 Å². The van der Waals surface area contributed by atoms with Crippen LogP contribution in [0.4, 0.5) is 0 Å². The molecule has 2 atom stereocenters. The molecule has 1 aliphatic carbocycles. The Kier molecular flexibility index (Phi) is 4.00. The maximum Gasteiger partial charge on any atom is 0.0726 e. The molecular weight excluding hydrogens is 188 g/mol. The molecule has 2 rings (SSSR count). The third-order valence-electron chi connectivity index (χ3n) is 3.62. The second-order valence-corrected chi connectivity index (χ2v) is 5.01. The molecule has 1 saturated heterocycles. The minimum atomic E-state index is 0.455. The van der Waals surface area contributed by atoms with Gasteiger partial charge in [0.05, 0.1) is 6.10 Å². The highest BCUT2D eigenvalue weighted by atomic mass is 16.5. The van der Waals surface area contributed by atoms with Crippen molar-refractivity contribution in [2.24, 2.45) is 0 Å². The zero-order valence-electron chi connectivity index (χ0n) is 10.0. The van der Waals surface area contributed by atoms with Gasteiger partial charge < -0.3 is 15.0 Å². The van der Waals surface area contributed by atoms with Crippen LogP contribution in [0.1, 0.15) is 32.6 Å². The van der Waals surface area contributed by atoms with E-state index in [2.05, 4.69) is 24.2 Å². The Morgan fingerprint density at radius 1 is 1.40 bits per heavy atom. The minimum absolute atomic E-state index is 0.455. The average molecular weight is 212 g/mol. The second-order valence-electron chi connectivity index (χ2n) is 5.01. The Morgan fingerprint density at radius 2 is 2.20 bits per heavy atom. The lowest BCUT2D eigenvalue weighted by atomic mass is 10.1. The number of rotatable bonds is 6. The molecule has 0 aromatic rings. The zero-order valence-corrected chi connectivity index (χ0v) is 10.0. The van der Waals surface area contributed by atoms with Crippen LogP contribution in [0.5, 0.6) is 0 Å². The lowest BCUT2D eigenvalue weighted by Crippen LogP contribution is -2.41. The predicted molar refractivity (Wildman–Crippen MR) is 62.1 cm³/mol. The van der Waals surface area contributed by atoms with Crippen LogP contribution in [-0.2, 0) is 4.74 Å². The molecule has 88 valence electrons. The molecule has 2 fully saturated rings. The van der Waals surface area contributed by atoms with Gasteiger partial charge in [-0.3, -0.25) is 0 Å². The first-order chi connectivity index (χ1) is 7.27. The molecule has 2 aliphatic rings. The first-order valence-corrected chi connectivity index (χ1v) is 6.32. The van der Waals surface area contributed by atoms with Crippen molar-refractivity contribution in [3.8, 4) is 0 Å². The standard InChI is InChI=1S/C12H24N2O/c1-10(12-4-3-9-15-12)13-7-8-14(2)11-5-6-11/h10-13H,3-9H2,1-2H3. The van der Waals surface area contributed by atoms with Crippen LogP contribution in [0.15, 0.2) is 0 Å². The molecule has 0 amide bonds. The Bertz CT molecular complexity index is 188. The van der Waals surface area contributed by atoms with E-state index < -0.39 is 0 Å². The van der Waals surface area contributed by atoms with Crippen molar-refractivity contribution in [2.45, 2.75) is 50.8 Å². The Labute approximate surface area is 93.2 Å². The highest BCUT2D eigenvalue weighted by Crippen LogP contribution is 2.24. The minimum Gasteiger partial charge on any atom is -0.377 e. The molecule has 1 aliphatic heterocycles. The lowest BCUT2D eigenvalue weighted by molar-refractivity contribution is 0.0829. The fourth-order valence-corrected chi connectivity index (χ4v) is 2.29. The van der Waals surface area contributed by atoms with E-state index in [9.17, 15) is 0 Å². The second kappa shape index (κ2) is 5.28. The number of likely N-dealkylation sites (N-methyl/N-ethyl adjacent to an activating group) is 1. The van der Waals surface area contributed by atoms with E-state index in [0.29, 0.717) is 12.1 Å². The summed E-state index contributed by atoms with van der Waals surface area (Å²) in [6.45, 7) is 5.46. The Morgan fingerprint density at radius 3 is 2.80 bits per heavy atom. The van der Waals surface area contributed by atoms with Crippen molar-refractivity contribution in [3.63, 3.8) is 0 Å². The highest BCUT2D eigenvalue weighted by molar-refractivity contribution is 4.83. The molecule has 0 aromatic heterocycles. The van der Waals surface area contributed by atoms with Crippen LogP contribution >= 0.6 is 0 Å². The summed E-state index contributed by atoms with van der Waals surface area (Å²) in [5, 5.41) is 3.57. The Hall–Kier alpha value is -0.120. The quantitative estimate of drug-likeness (QED) is 0.717. The summed E-state index contributed by atoms with van der Waals surface area (Å²) in [6.07, 6.45) is 5.72. The smallest absolute Gasteiger partial charge is 0.0726 e. The molecule has 0 spiro atoms. The van der Waals surface area contributed by atoms with Crippen LogP contribution in [-0.4, -0.2) is 49.8 Å². The lowest BCUT2D eigenvalue weighted by Gasteiger charge is -2.22. The van der Waals surface area contributed by atoms with E-state index in [1.807, 2.05) is 0 Å². The van der Waals surface area contributed by atoms with E-state index in [1.165, 1.54) is 32.2 Å². The summed E-state index contributed by atoms with van der Waals surface area (Å²) in [5.41, 5.74) is 0. The van der Waals surface area contributed by atoms with E-state index in [4.69, 9.17) is 4.74 Å². The van der Waals surface area contributed by atoms with Crippen molar-refractivity contribution >= 4 is 0 Å². The number of nitrogens with one attached hydrogen (secondary N) is 1. The summed E-state index contributed by atoms with van der Waals surface area (Å²) in [7, 11) is 2.23. The third kappa shape index (κ3) is 3.44. The van der Waals surface area contributed by atoms with Gasteiger partial charge in [-0.15, -0.1) is 0 Å². The summed E-state index contributed by atoms with van der Waals surface area (Å²) >= 11 is 0. The number of hydrogen-bond donors (Lipinski definition) is 1. The van der Waals surface area contributed by atoms with Gasteiger partial charge in [-0.1, -0.05) is 0 Å². The summed E-state index contributed by atoms with van der Waals surface area (Å²) in [4.78, 5) is 2.47. The molecule has 0 aromatic carbocycles. The molecule has 3 nitrogen and oxygen atoms in total. The van der Waals surface area contributed by atoms with Gasteiger partial charge in [0.1, 0.15) is 0 Å². The van der Waals surface area contributed by atoms with Gasteiger partial charge in [0.2, 0.25) is 0 Å². The van der Waals surface area contributed by atoms with Gasteiger partial charge >= 0.3 is 0 Å². The molecule has 1 N–H and O–H groups in total. The number of ether oxygens (including phenoxy) is 1. The van der Waals surface area contributed by atoms with Crippen molar-refractivity contribution in [1.82, 2.24) is 10.2 Å². The van der Waals surface area contributed by atoms with Gasteiger partial charge in [-0.2, -0.15) is 0 Å². The third-order valence-corrected chi connectivity index (χ3v) is 3.62. The summed E-state index contributed by atoms with van der Waals surface area (Å²) in [6, 6.07) is 1.39. The van der Waals surface area contributed by atoms with Crippen LogP contribution in [0, 0.1) is 0 Å². The molecule has 0 radical (unpaired) electrons. The van der Waals surface area contributed by atoms with Crippen LogP contribution in [0.3, 0.4) is 0 Å². The van der Waals surface area contributed by atoms with Gasteiger partial charge in [0.15, 0.2) is 0 Å². The number of hydrogen-bond acceptors (Lipinski definition) is 3. The molecule has 3 heteroatoms. The van der Waals surface area contributed by atoms with Gasteiger partial charge in [-0.05, 0) is 39.7 Å². The summed E-state index contributed by atoms with van der Waals surface area (Å²) < 4.78 is 5.66. The van der Waals surface area contributed by atoms with E-state index in [0.717, 1.165) is 19.2 Å². The van der Waals surface area contributed by atoms with Crippen molar-refractivity contribution in [1.29, 1.82) is 0 Å². The van der Waals surface area contributed by atoms with Gasteiger partial charge in [0.25, 0.3) is 0 Å². The van der Waals surface area contributed by atoms with E-state index in [-0.39, 0.29) is 0 Å². The van der Waals surface area contributed by atoms with Crippen LogP contribution < -0.4 is 5.32 Å². The maximum absolute atomic E-state index is 5.66. The topological polar surface area (TPSA) is 24.5 Å². The van der Waals surface area contributed by atoms with Crippen LogP contribution in [0.2, 0.25) is 0 Å². The highest BCUT2D eigenvalue weighted by Gasteiger charge is 2.26. The van der Waals surface area contributed by atoms with Crippen molar-refractivity contribution in [3.05, 3.63) is 0 Å². The van der Waals surface area contributed by atoms with Gasteiger partial charge in [-0.25, -0.2) is 0 Å². The van der Waals surface area contributed by atoms with Gasteiger partial charge in [0, 0.05) is 31.8 Å². The molecule has 2 unspecified atom stereocenters. The maximum atomic E-state index is 5.66. The molecule has 1 saturated carbocycles. The molecule has 1 heterocycles. The monoisotopic (exact) mass is 212 g/mol. The first-order valence-electron chi connectivity index (χ1n) is 6.32. The van der Waals surface area contributed by atoms with Crippen LogP contribution in [0.25, 0.3) is 0 Å². The normalized spacial score (nSPS) is 28.6. The first kappa shape index (κ1) is 11.4. The van der Waals surface area contributed by atoms with E-state index in [1.54, 1.807) is 0 Å². The fraction of sp³-hybridized carbons (Fsp3) is 1.00. The zero-order chi connectivity index (χ0) is 10.7. The SMILES string of the molecule is CC(NCCN(C)C1CC1)C1CCCO1. The van der Waals surface area contributed by atoms with E-state index >= 15 is 0 Å².